The van der Waals surface area contributed by atoms with E-state index in [9.17, 15) is 0 Å². The van der Waals surface area contributed by atoms with Gasteiger partial charge in [-0.15, -0.1) is 23.7 Å². The van der Waals surface area contributed by atoms with E-state index < -0.39 is 0 Å². The van der Waals surface area contributed by atoms with E-state index in [4.69, 9.17) is 5.73 Å². The van der Waals surface area contributed by atoms with Gasteiger partial charge in [0, 0.05) is 24.2 Å². The Hall–Kier alpha value is -1.10. The molecule has 0 amide bonds. The van der Waals surface area contributed by atoms with Gasteiger partial charge in [0.05, 0.1) is 0 Å². The van der Waals surface area contributed by atoms with Crippen molar-refractivity contribution >= 4 is 28.9 Å². The first-order valence-electron chi connectivity index (χ1n) is 6.29. The highest BCUT2D eigenvalue weighted by atomic mass is 35.5. The Labute approximate surface area is 123 Å². The lowest BCUT2D eigenvalue weighted by molar-refractivity contribution is 0.329. The van der Waals surface area contributed by atoms with Crippen LogP contribution in [-0.4, -0.2) is 23.0 Å². The Balaban J connectivity index is 0.00000133. The van der Waals surface area contributed by atoms with Crippen LogP contribution in [0.1, 0.15) is 22.8 Å². The Morgan fingerprint density at radius 2 is 2.11 bits per heavy atom. The van der Waals surface area contributed by atoms with Crippen molar-refractivity contribution in [2.45, 2.75) is 18.9 Å². The smallest absolute Gasteiger partial charge is 0.180 e. The molecule has 0 aliphatic carbocycles. The zero-order chi connectivity index (χ0) is 12.4. The minimum Gasteiger partial charge on any atom is -0.375 e. The average Bonchev–Trinajstić information content (AvgIpc) is 3.01. The zero-order valence-electron chi connectivity index (χ0n) is 10.7. The van der Waals surface area contributed by atoms with Crippen molar-refractivity contribution in [3.05, 3.63) is 47.0 Å². The monoisotopic (exact) mass is 295 g/mol. The molecule has 1 atom stereocenters. The maximum absolute atomic E-state index is 5.66. The zero-order valence-corrected chi connectivity index (χ0v) is 12.3. The first-order valence-corrected chi connectivity index (χ1v) is 7.10. The Morgan fingerprint density at radius 3 is 2.79 bits per heavy atom. The fourth-order valence-corrected chi connectivity index (χ4v) is 3.32. The predicted molar refractivity (Wildman–Crippen MR) is 82.9 cm³/mol. The quantitative estimate of drug-likeness (QED) is 0.946. The van der Waals surface area contributed by atoms with E-state index in [0.717, 1.165) is 19.6 Å². The summed E-state index contributed by atoms with van der Waals surface area (Å²) in [6.45, 7) is 3.29. The topological polar surface area (TPSA) is 42.1 Å². The van der Waals surface area contributed by atoms with Gasteiger partial charge in [0.15, 0.2) is 5.13 Å². The molecule has 0 bridgehead atoms. The molecule has 2 N–H and O–H groups in total. The van der Waals surface area contributed by atoms with Crippen LogP contribution in [0, 0.1) is 0 Å². The van der Waals surface area contributed by atoms with Gasteiger partial charge in [0.2, 0.25) is 0 Å². The van der Waals surface area contributed by atoms with Crippen LogP contribution >= 0.6 is 23.7 Å². The number of hydrogen-bond acceptors (Lipinski definition) is 4. The maximum Gasteiger partial charge on any atom is 0.180 e. The van der Waals surface area contributed by atoms with Gasteiger partial charge in [-0.05, 0) is 24.4 Å². The molecule has 1 unspecified atom stereocenters. The number of likely N-dealkylation sites (tertiary alicyclic amines) is 1. The molecule has 0 radical (unpaired) electrons. The lowest BCUT2D eigenvalue weighted by Gasteiger charge is -2.14. The van der Waals surface area contributed by atoms with Gasteiger partial charge in [-0.2, -0.15) is 0 Å². The van der Waals surface area contributed by atoms with Crippen molar-refractivity contribution in [2.75, 3.05) is 18.8 Å². The average molecular weight is 296 g/mol. The minimum atomic E-state index is 0. The van der Waals surface area contributed by atoms with Crippen LogP contribution in [0.4, 0.5) is 5.13 Å². The van der Waals surface area contributed by atoms with Gasteiger partial charge in [-0.1, -0.05) is 30.3 Å². The molecule has 19 heavy (non-hydrogen) atoms. The molecular weight excluding hydrogens is 278 g/mol. The van der Waals surface area contributed by atoms with Crippen LogP contribution in [0.3, 0.4) is 0 Å². The van der Waals surface area contributed by atoms with E-state index in [-0.39, 0.29) is 12.4 Å². The molecule has 2 aromatic rings. The summed E-state index contributed by atoms with van der Waals surface area (Å²) in [5.41, 5.74) is 7.12. The third-order valence-electron chi connectivity index (χ3n) is 3.49. The van der Waals surface area contributed by atoms with Crippen LogP contribution in [-0.2, 0) is 6.54 Å². The molecule has 2 heterocycles. The third-order valence-corrected chi connectivity index (χ3v) is 4.31. The maximum atomic E-state index is 5.66. The van der Waals surface area contributed by atoms with Crippen LogP contribution < -0.4 is 5.73 Å². The molecule has 1 aliphatic rings. The van der Waals surface area contributed by atoms with Gasteiger partial charge in [0.25, 0.3) is 0 Å². The largest absolute Gasteiger partial charge is 0.375 e. The van der Waals surface area contributed by atoms with Gasteiger partial charge < -0.3 is 5.73 Å². The SMILES string of the molecule is Cl.Nc1ncc(CN2CCC(c3ccccc3)C2)s1. The summed E-state index contributed by atoms with van der Waals surface area (Å²) in [5.74, 6) is 0.677. The second kappa shape index (κ2) is 6.37. The molecule has 1 aromatic heterocycles. The molecule has 1 aliphatic heterocycles. The highest BCUT2D eigenvalue weighted by molar-refractivity contribution is 7.15. The van der Waals surface area contributed by atoms with E-state index in [0.29, 0.717) is 11.0 Å². The number of halogens is 1. The summed E-state index contributed by atoms with van der Waals surface area (Å²) in [7, 11) is 0. The molecule has 3 rings (SSSR count). The number of aromatic nitrogens is 1. The number of nitrogens with zero attached hydrogens (tertiary/aromatic N) is 2. The fraction of sp³-hybridized carbons (Fsp3) is 0.357. The molecule has 3 nitrogen and oxygen atoms in total. The molecule has 1 aromatic carbocycles. The van der Waals surface area contributed by atoms with E-state index in [1.54, 1.807) is 11.3 Å². The molecule has 0 saturated carbocycles. The summed E-state index contributed by atoms with van der Waals surface area (Å²) in [5, 5.41) is 0.670. The predicted octanol–water partition coefficient (Wildman–Crippen LogP) is 3.14. The van der Waals surface area contributed by atoms with E-state index in [1.165, 1.54) is 16.9 Å². The number of thiazole rings is 1. The van der Waals surface area contributed by atoms with E-state index >= 15 is 0 Å². The Bertz CT molecular complexity index is 514. The molecular formula is C14H18ClN3S. The van der Waals surface area contributed by atoms with Gasteiger partial charge in [-0.25, -0.2) is 4.98 Å². The Kier molecular flexibility index (Phi) is 4.80. The van der Waals surface area contributed by atoms with Crippen molar-refractivity contribution in [3.63, 3.8) is 0 Å². The van der Waals surface area contributed by atoms with Crippen LogP contribution in [0.15, 0.2) is 36.5 Å². The molecule has 1 saturated heterocycles. The highest BCUT2D eigenvalue weighted by Gasteiger charge is 2.23. The lowest BCUT2D eigenvalue weighted by Crippen LogP contribution is -2.19. The molecule has 102 valence electrons. The van der Waals surface area contributed by atoms with Gasteiger partial charge in [0.1, 0.15) is 0 Å². The second-order valence-electron chi connectivity index (χ2n) is 4.80. The Morgan fingerprint density at radius 1 is 1.32 bits per heavy atom. The summed E-state index contributed by atoms with van der Waals surface area (Å²) in [4.78, 5) is 7.86. The fourth-order valence-electron chi connectivity index (χ4n) is 2.59. The number of rotatable bonds is 3. The number of nitrogen functional groups attached to an aromatic ring is 1. The standard InChI is InChI=1S/C14H17N3S.ClH/c15-14-16-8-13(18-14)10-17-7-6-12(9-17)11-4-2-1-3-5-11;/h1-5,8,12H,6-7,9-10H2,(H2,15,16);1H. The molecule has 1 fully saturated rings. The summed E-state index contributed by atoms with van der Waals surface area (Å²) in [6.07, 6.45) is 3.15. The molecule has 0 spiro atoms. The van der Waals surface area contributed by atoms with Gasteiger partial charge in [-0.3, -0.25) is 4.90 Å². The number of benzene rings is 1. The van der Waals surface area contributed by atoms with E-state index in [1.807, 2.05) is 6.20 Å². The van der Waals surface area contributed by atoms with Crippen molar-refractivity contribution in [1.82, 2.24) is 9.88 Å². The van der Waals surface area contributed by atoms with Crippen molar-refractivity contribution in [1.29, 1.82) is 0 Å². The first kappa shape index (κ1) is 14.3. The van der Waals surface area contributed by atoms with Gasteiger partial charge >= 0.3 is 0 Å². The first-order chi connectivity index (χ1) is 8.81. The number of hydrogen-bond donors (Lipinski definition) is 1. The molecule has 5 heteroatoms. The normalized spacial score (nSPS) is 19.3. The lowest BCUT2D eigenvalue weighted by atomic mass is 9.99. The third kappa shape index (κ3) is 3.47. The van der Waals surface area contributed by atoms with Crippen molar-refractivity contribution < 1.29 is 0 Å². The van der Waals surface area contributed by atoms with E-state index in [2.05, 4.69) is 40.2 Å². The summed E-state index contributed by atoms with van der Waals surface area (Å²) in [6, 6.07) is 10.8. The van der Waals surface area contributed by atoms with Crippen molar-refractivity contribution in [2.24, 2.45) is 0 Å². The number of nitrogens with two attached hydrogens (primary N) is 1. The second-order valence-corrected chi connectivity index (χ2v) is 5.94. The van der Waals surface area contributed by atoms with Crippen LogP contribution in [0.2, 0.25) is 0 Å². The number of anilines is 1. The van der Waals surface area contributed by atoms with Crippen LogP contribution in [0.25, 0.3) is 0 Å². The summed E-state index contributed by atoms with van der Waals surface area (Å²) < 4.78 is 0. The summed E-state index contributed by atoms with van der Waals surface area (Å²) >= 11 is 1.60. The minimum absolute atomic E-state index is 0. The highest BCUT2D eigenvalue weighted by Crippen LogP contribution is 2.28. The van der Waals surface area contributed by atoms with Crippen molar-refractivity contribution in [3.8, 4) is 0 Å². The van der Waals surface area contributed by atoms with Crippen LogP contribution in [0.5, 0.6) is 0 Å².